The number of hydrogen-bond acceptors (Lipinski definition) is 3. The first-order valence-electron chi connectivity index (χ1n) is 6.88. The third-order valence-corrected chi connectivity index (χ3v) is 3.62. The molecular weight excluding hydrogens is 298 g/mol. The number of amides is 1. The Morgan fingerprint density at radius 1 is 1.00 bits per heavy atom. The molecule has 1 N–H and O–H groups in total. The summed E-state index contributed by atoms with van der Waals surface area (Å²) in [5, 5.41) is 9.38. The minimum Gasteiger partial charge on any atom is -0.480 e. The number of carboxylic acid groups (broad SMARTS) is 1. The molecule has 2 aromatic carbocycles. The zero-order valence-electron chi connectivity index (χ0n) is 11.9. The molecular formula is C17H17NO3S. The van der Waals surface area contributed by atoms with Gasteiger partial charge in [-0.1, -0.05) is 48.5 Å². The molecule has 4 nitrogen and oxygen atoms in total. The van der Waals surface area contributed by atoms with Crippen molar-refractivity contribution >= 4 is 30.2 Å². The monoisotopic (exact) mass is 315 g/mol. The SMILES string of the molecule is O=C(O)[C@@H](CS)N(C(=O)Cc1ccccc1)c1ccccc1. The van der Waals surface area contributed by atoms with Crippen LogP contribution < -0.4 is 4.90 Å². The molecule has 0 saturated carbocycles. The van der Waals surface area contributed by atoms with Gasteiger partial charge in [0.05, 0.1) is 6.42 Å². The lowest BCUT2D eigenvalue weighted by Gasteiger charge is -2.28. The summed E-state index contributed by atoms with van der Waals surface area (Å²) < 4.78 is 0. The second-order valence-corrected chi connectivity index (χ2v) is 5.16. The molecule has 5 heteroatoms. The van der Waals surface area contributed by atoms with Gasteiger partial charge in [0.1, 0.15) is 6.04 Å². The van der Waals surface area contributed by atoms with Crippen LogP contribution in [0.5, 0.6) is 0 Å². The van der Waals surface area contributed by atoms with Gasteiger partial charge in [-0.3, -0.25) is 9.69 Å². The van der Waals surface area contributed by atoms with Crippen LogP contribution in [0, 0.1) is 0 Å². The van der Waals surface area contributed by atoms with E-state index in [4.69, 9.17) is 0 Å². The zero-order chi connectivity index (χ0) is 15.9. The van der Waals surface area contributed by atoms with Crippen LogP contribution in [0.4, 0.5) is 5.69 Å². The highest BCUT2D eigenvalue weighted by molar-refractivity contribution is 7.80. The Balaban J connectivity index is 2.31. The molecule has 0 aliphatic rings. The molecule has 0 fully saturated rings. The fourth-order valence-electron chi connectivity index (χ4n) is 2.21. The quantitative estimate of drug-likeness (QED) is 0.806. The van der Waals surface area contributed by atoms with Crippen LogP contribution in [0.3, 0.4) is 0 Å². The fourth-order valence-corrected chi connectivity index (χ4v) is 2.53. The second-order valence-electron chi connectivity index (χ2n) is 4.80. The number of carbonyl (C=O) groups is 2. The van der Waals surface area contributed by atoms with Crippen molar-refractivity contribution < 1.29 is 14.7 Å². The predicted octanol–water partition coefficient (Wildman–Crippen LogP) is 2.65. The Bertz CT molecular complexity index is 631. The largest absolute Gasteiger partial charge is 0.480 e. The molecule has 114 valence electrons. The van der Waals surface area contributed by atoms with Crippen LogP contribution in [-0.2, 0) is 16.0 Å². The van der Waals surface area contributed by atoms with Crippen molar-refractivity contribution in [1.82, 2.24) is 0 Å². The highest BCUT2D eigenvalue weighted by atomic mass is 32.1. The number of para-hydroxylation sites is 1. The van der Waals surface area contributed by atoms with E-state index in [0.717, 1.165) is 5.56 Å². The van der Waals surface area contributed by atoms with Crippen molar-refractivity contribution in [3.05, 3.63) is 66.2 Å². The number of anilines is 1. The second kappa shape index (κ2) is 7.66. The van der Waals surface area contributed by atoms with Gasteiger partial charge in [-0.15, -0.1) is 0 Å². The van der Waals surface area contributed by atoms with Crippen molar-refractivity contribution in [3.8, 4) is 0 Å². The smallest absolute Gasteiger partial charge is 0.327 e. The summed E-state index contributed by atoms with van der Waals surface area (Å²) in [6, 6.07) is 17.1. The molecule has 0 aliphatic carbocycles. The Morgan fingerprint density at radius 2 is 1.55 bits per heavy atom. The highest BCUT2D eigenvalue weighted by Crippen LogP contribution is 2.19. The molecule has 0 unspecified atom stereocenters. The molecule has 2 aromatic rings. The van der Waals surface area contributed by atoms with Gasteiger partial charge in [0.15, 0.2) is 0 Å². The average molecular weight is 315 g/mol. The maximum absolute atomic E-state index is 12.6. The summed E-state index contributed by atoms with van der Waals surface area (Å²) in [5.41, 5.74) is 1.40. The molecule has 0 aliphatic heterocycles. The van der Waals surface area contributed by atoms with Crippen molar-refractivity contribution in [3.63, 3.8) is 0 Å². The first-order valence-corrected chi connectivity index (χ1v) is 7.51. The molecule has 0 saturated heterocycles. The summed E-state index contributed by atoms with van der Waals surface area (Å²) in [6.07, 6.45) is 0.146. The summed E-state index contributed by atoms with van der Waals surface area (Å²) >= 11 is 4.09. The number of carboxylic acids is 1. The van der Waals surface area contributed by atoms with Gasteiger partial charge in [0.2, 0.25) is 5.91 Å². The van der Waals surface area contributed by atoms with E-state index in [0.29, 0.717) is 5.69 Å². The molecule has 1 amide bonds. The predicted molar refractivity (Wildman–Crippen MR) is 89.4 cm³/mol. The summed E-state index contributed by atoms with van der Waals surface area (Å²) in [6.45, 7) is 0. The number of carbonyl (C=O) groups excluding carboxylic acids is 1. The minimum absolute atomic E-state index is 0.0464. The Labute approximate surface area is 134 Å². The van der Waals surface area contributed by atoms with Crippen LogP contribution >= 0.6 is 12.6 Å². The van der Waals surface area contributed by atoms with Gasteiger partial charge < -0.3 is 5.11 Å². The van der Waals surface area contributed by atoms with E-state index in [1.54, 1.807) is 24.3 Å². The number of hydrogen-bond donors (Lipinski definition) is 2. The van der Waals surface area contributed by atoms with Crippen LogP contribution in [0.2, 0.25) is 0 Å². The third-order valence-electron chi connectivity index (χ3n) is 3.27. The maximum atomic E-state index is 12.6. The van der Waals surface area contributed by atoms with Gasteiger partial charge in [-0.05, 0) is 17.7 Å². The minimum atomic E-state index is -1.07. The molecule has 2 rings (SSSR count). The number of nitrogens with zero attached hydrogens (tertiary/aromatic N) is 1. The summed E-state index contributed by atoms with van der Waals surface area (Å²) in [4.78, 5) is 25.4. The molecule has 0 radical (unpaired) electrons. The van der Waals surface area contributed by atoms with E-state index in [1.807, 2.05) is 36.4 Å². The van der Waals surface area contributed by atoms with Gasteiger partial charge in [-0.2, -0.15) is 12.6 Å². The fraction of sp³-hybridized carbons (Fsp3) is 0.176. The van der Waals surface area contributed by atoms with Crippen LogP contribution in [0.1, 0.15) is 5.56 Å². The Kier molecular flexibility index (Phi) is 5.61. The molecule has 0 aromatic heterocycles. The van der Waals surface area contributed by atoms with Gasteiger partial charge in [0, 0.05) is 11.4 Å². The van der Waals surface area contributed by atoms with Gasteiger partial charge in [-0.25, -0.2) is 4.79 Å². The summed E-state index contributed by atoms with van der Waals surface area (Å²) in [7, 11) is 0. The first kappa shape index (κ1) is 16.1. The van der Waals surface area contributed by atoms with Crippen LogP contribution in [-0.4, -0.2) is 28.8 Å². The Morgan fingerprint density at radius 3 is 2.05 bits per heavy atom. The number of thiol groups is 1. The topological polar surface area (TPSA) is 57.6 Å². The molecule has 0 heterocycles. The Hall–Kier alpha value is -2.27. The highest BCUT2D eigenvalue weighted by Gasteiger charge is 2.29. The number of benzene rings is 2. The zero-order valence-corrected chi connectivity index (χ0v) is 12.8. The van der Waals surface area contributed by atoms with E-state index in [1.165, 1.54) is 4.90 Å². The first-order chi connectivity index (χ1) is 10.6. The van der Waals surface area contributed by atoms with E-state index < -0.39 is 12.0 Å². The molecule has 0 bridgehead atoms. The van der Waals surface area contributed by atoms with E-state index in [-0.39, 0.29) is 18.1 Å². The van der Waals surface area contributed by atoms with Crippen molar-refractivity contribution in [2.45, 2.75) is 12.5 Å². The van der Waals surface area contributed by atoms with Crippen molar-refractivity contribution in [2.24, 2.45) is 0 Å². The van der Waals surface area contributed by atoms with Crippen LogP contribution in [0.25, 0.3) is 0 Å². The number of rotatable bonds is 6. The molecule has 1 atom stereocenters. The maximum Gasteiger partial charge on any atom is 0.327 e. The number of aliphatic carboxylic acids is 1. The van der Waals surface area contributed by atoms with Crippen molar-refractivity contribution in [1.29, 1.82) is 0 Å². The van der Waals surface area contributed by atoms with E-state index >= 15 is 0 Å². The lowest BCUT2D eigenvalue weighted by atomic mass is 10.1. The lowest BCUT2D eigenvalue weighted by Crippen LogP contribution is -2.47. The standard InChI is InChI=1S/C17H17NO3S/c19-16(11-13-7-3-1-4-8-13)18(15(12-22)17(20)21)14-9-5-2-6-10-14/h1-10,15,22H,11-12H2,(H,20,21)/t15-/m1/s1. The van der Waals surface area contributed by atoms with E-state index in [9.17, 15) is 14.7 Å². The molecule has 0 spiro atoms. The average Bonchev–Trinajstić information content (AvgIpc) is 2.53. The normalized spacial score (nSPS) is 11.7. The van der Waals surface area contributed by atoms with Gasteiger partial charge >= 0.3 is 5.97 Å². The van der Waals surface area contributed by atoms with E-state index in [2.05, 4.69) is 12.6 Å². The van der Waals surface area contributed by atoms with Crippen molar-refractivity contribution in [2.75, 3.05) is 10.7 Å². The van der Waals surface area contributed by atoms with Gasteiger partial charge in [0.25, 0.3) is 0 Å². The lowest BCUT2D eigenvalue weighted by molar-refractivity contribution is -0.139. The molecule has 22 heavy (non-hydrogen) atoms. The summed E-state index contributed by atoms with van der Waals surface area (Å²) in [5.74, 6) is -1.29. The third kappa shape index (κ3) is 3.89. The van der Waals surface area contributed by atoms with Crippen LogP contribution in [0.15, 0.2) is 60.7 Å².